The van der Waals surface area contributed by atoms with Gasteiger partial charge in [-0.05, 0) is 18.2 Å². The van der Waals surface area contributed by atoms with E-state index in [1.807, 2.05) is 29.1 Å². The molecule has 74 valence electrons. The lowest BCUT2D eigenvalue weighted by Crippen LogP contribution is -1.99. The molecule has 2 rings (SSSR count). The highest BCUT2D eigenvalue weighted by molar-refractivity contribution is 7.07. The summed E-state index contributed by atoms with van der Waals surface area (Å²) in [5.41, 5.74) is 4.44. The van der Waals surface area contributed by atoms with E-state index < -0.39 is 0 Å². The van der Waals surface area contributed by atoms with Crippen molar-refractivity contribution in [1.82, 2.24) is 4.98 Å². The lowest BCUT2D eigenvalue weighted by atomic mass is 10.2. The van der Waals surface area contributed by atoms with Gasteiger partial charge in [-0.2, -0.15) is 5.26 Å². The molecule has 0 unspecified atom stereocenters. The van der Waals surface area contributed by atoms with Gasteiger partial charge in [-0.3, -0.25) is 0 Å². The van der Waals surface area contributed by atoms with Gasteiger partial charge in [0.15, 0.2) is 0 Å². The SMILES string of the molecule is N#Cc1cccc(NCc2cscn2)c1. The zero-order chi connectivity index (χ0) is 10.5. The van der Waals surface area contributed by atoms with E-state index >= 15 is 0 Å². The number of benzene rings is 1. The summed E-state index contributed by atoms with van der Waals surface area (Å²) >= 11 is 1.58. The summed E-state index contributed by atoms with van der Waals surface area (Å²) in [6.07, 6.45) is 0. The zero-order valence-corrected chi connectivity index (χ0v) is 8.79. The second-order valence-corrected chi connectivity index (χ2v) is 3.74. The number of hydrogen-bond donors (Lipinski definition) is 1. The van der Waals surface area contributed by atoms with E-state index in [9.17, 15) is 0 Å². The van der Waals surface area contributed by atoms with Gasteiger partial charge in [-0.25, -0.2) is 4.98 Å². The number of nitrogens with one attached hydrogen (secondary N) is 1. The van der Waals surface area contributed by atoms with Gasteiger partial charge in [0, 0.05) is 11.1 Å². The summed E-state index contributed by atoms with van der Waals surface area (Å²) < 4.78 is 0. The maximum atomic E-state index is 8.73. The Kier molecular flexibility index (Phi) is 2.96. The number of anilines is 1. The van der Waals surface area contributed by atoms with E-state index in [4.69, 9.17) is 5.26 Å². The largest absolute Gasteiger partial charge is 0.379 e. The van der Waals surface area contributed by atoms with Crippen molar-refractivity contribution in [1.29, 1.82) is 5.26 Å². The number of rotatable bonds is 3. The van der Waals surface area contributed by atoms with E-state index in [-0.39, 0.29) is 0 Å². The van der Waals surface area contributed by atoms with Gasteiger partial charge in [-0.1, -0.05) is 6.07 Å². The molecule has 0 saturated carbocycles. The van der Waals surface area contributed by atoms with Gasteiger partial charge in [0.1, 0.15) is 0 Å². The monoisotopic (exact) mass is 215 g/mol. The van der Waals surface area contributed by atoms with Crippen LogP contribution < -0.4 is 5.32 Å². The van der Waals surface area contributed by atoms with Crippen LogP contribution in [0, 0.1) is 11.3 Å². The number of hydrogen-bond acceptors (Lipinski definition) is 4. The van der Waals surface area contributed by atoms with Crippen LogP contribution in [-0.4, -0.2) is 4.98 Å². The summed E-state index contributed by atoms with van der Waals surface area (Å²) in [4.78, 5) is 4.16. The maximum Gasteiger partial charge on any atom is 0.0992 e. The predicted molar refractivity (Wildman–Crippen MR) is 60.6 cm³/mol. The normalized spacial score (nSPS) is 9.53. The van der Waals surface area contributed by atoms with E-state index in [1.165, 1.54) is 0 Å². The van der Waals surface area contributed by atoms with Crippen LogP contribution in [0.25, 0.3) is 0 Å². The molecule has 0 aliphatic rings. The third-order valence-electron chi connectivity index (χ3n) is 1.95. The quantitative estimate of drug-likeness (QED) is 0.856. The Morgan fingerprint density at radius 1 is 1.47 bits per heavy atom. The van der Waals surface area contributed by atoms with Crippen LogP contribution in [-0.2, 0) is 6.54 Å². The molecule has 0 saturated heterocycles. The first-order chi connectivity index (χ1) is 7.38. The van der Waals surface area contributed by atoms with Crippen LogP contribution in [0.1, 0.15) is 11.3 Å². The minimum absolute atomic E-state index is 0.665. The minimum Gasteiger partial charge on any atom is -0.379 e. The second-order valence-electron chi connectivity index (χ2n) is 3.03. The molecule has 3 nitrogen and oxygen atoms in total. The molecule has 2 aromatic rings. The highest BCUT2D eigenvalue weighted by atomic mass is 32.1. The third-order valence-corrected chi connectivity index (χ3v) is 2.58. The molecule has 0 aliphatic heterocycles. The molecular formula is C11H9N3S. The van der Waals surface area contributed by atoms with Crippen LogP contribution in [0.15, 0.2) is 35.2 Å². The molecule has 0 aliphatic carbocycles. The van der Waals surface area contributed by atoms with E-state index in [2.05, 4.69) is 16.4 Å². The Labute approximate surface area is 92.0 Å². The standard InChI is InChI=1S/C11H9N3S/c12-5-9-2-1-3-10(4-9)13-6-11-7-15-8-14-11/h1-4,7-8,13H,6H2. The minimum atomic E-state index is 0.665. The summed E-state index contributed by atoms with van der Waals surface area (Å²) in [7, 11) is 0. The molecule has 1 aromatic carbocycles. The fourth-order valence-corrected chi connectivity index (χ4v) is 1.77. The molecule has 4 heteroatoms. The van der Waals surface area contributed by atoms with Gasteiger partial charge in [0.05, 0.1) is 29.4 Å². The molecule has 0 amide bonds. The van der Waals surface area contributed by atoms with Crippen LogP contribution in [0.5, 0.6) is 0 Å². The second kappa shape index (κ2) is 4.58. The molecule has 1 heterocycles. The zero-order valence-electron chi connectivity index (χ0n) is 7.97. The molecule has 1 N–H and O–H groups in total. The van der Waals surface area contributed by atoms with Crippen molar-refractivity contribution in [2.45, 2.75) is 6.54 Å². The molecule has 0 bridgehead atoms. The van der Waals surface area contributed by atoms with E-state index in [0.29, 0.717) is 12.1 Å². The Morgan fingerprint density at radius 2 is 2.40 bits per heavy atom. The van der Waals surface area contributed by atoms with E-state index in [0.717, 1.165) is 11.4 Å². The molecule has 0 atom stereocenters. The Morgan fingerprint density at radius 3 is 3.13 bits per heavy atom. The molecule has 1 aromatic heterocycles. The van der Waals surface area contributed by atoms with Gasteiger partial charge in [0.25, 0.3) is 0 Å². The Hall–Kier alpha value is -1.86. The first-order valence-corrected chi connectivity index (χ1v) is 5.44. The van der Waals surface area contributed by atoms with Crippen molar-refractivity contribution in [3.8, 4) is 6.07 Å². The number of aromatic nitrogens is 1. The first-order valence-electron chi connectivity index (χ1n) is 4.49. The summed E-state index contributed by atoms with van der Waals surface area (Å²) in [6, 6.07) is 9.52. The average molecular weight is 215 g/mol. The van der Waals surface area contributed by atoms with E-state index in [1.54, 1.807) is 17.4 Å². The molecule has 0 fully saturated rings. The maximum absolute atomic E-state index is 8.73. The topological polar surface area (TPSA) is 48.7 Å². The number of nitriles is 1. The molecule has 15 heavy (non-hydrogen) atoms. The van der Waals surface area contributed by atoms with Crippen molar-refractivity contribution in [3.63, 3.8) is 0 Å². The Balaban J connectivity index is 2.02. The average Bonchev–Trinajstić information content (AvgIpc) is 2.79. The molecular weight excluding hydrogens is 206 g/mol. The van der Waals surface area contributed by atoms with Crippen LogP contribution in [0.4, 0.5) is 5.69 Å². The van der Waals surface area contributed by atoms with Crippen molar-refractivity contribution in [2.75, 3.05) is 5.32 Å². The van der Waals surface area contributed by atoms with Gasteiger partial charge < -0.3 is 5.32 Å². The van der Waals surface area contributed by atoms with Crippen molar-refractivity contribution in [2.24, 2.45) is 0 Å². The highest BCUT2D eigenvalue weighted by Gasteiger charge is 1.96. The summed E-state index contributed by atoms with van der Waals surface area (Å²) in [5, 5.41) is 13.9. The smallest absolute Gasteiger partial charge is 0.0992 e. The van der Waals surface area contributed by atoms with Crippen LogP contribution in [0.2, 0.25) is 0 Å². The van der Waals surface area contributed by atoms with Crippen LogP contribution in [0.3, 0.4) is 0 Å². The van der Waals surface area contributed by atoms with Crippen molar-refractivity contribution in [3.05, 3.63) is 46.4 Å². The lowest BCUT2D eigenvalue weighted by molar-refractivity contribution is 1.07. The fraction of sp³-hybridized carbons (Fsp3) is 0.0909. The number of nitrogens with zero attached hydrogens (tertiary/aromatic N) is 2. The van der Waals surface area contributed by atoms with Crippen molar-refractivity contribution < 1.29 is 0 Å². The van der Waals surface area contributed by atoms with Gasteiger partial charge >= 0.3 is 0 Å². The summed E-state index contributed by atoms with van der Waals surface area (Å²) in [5.74, 6) is 0. The fourth-order valence-electron chi connectivity index (χ4n) is 1.22. The Bertz CT molecular complexity index is 471. The number of thiazole rings is 1. The van der Waals surface area contributed by atoms with Gasteiger partial charge in [-0.15, -0.1) is 11.3 Å². The summed E-state index contributed by atoms with van der Waals surface area (Å²) in [6.45, 7) is 0.693. The molecule has 0 spiro atoms. The predicted octanol–water partition coefficient (Wildman–Crippen LogP) is 2.63. The molecule has 0 radical (unpaired) electrons. The first kappa shape index (κ1) is 9.69. The third kappa shape index (κ3) is 2.55. The van der Waals surface area contributed by atoms with Crippen molar-refractivity contribution >= 4 is 17.0 Å². The van der Waals surface area contributed by atoms with Crippen LogP contribution >= 0.6 is 11.3 Å². The van der Waals surface area contributed by atoms with Gasteiger partial charge in [0.2, 0.25) is 0 Å². The lowest BCUT2D eigenvalue weighted by Gasteiger charge is -2.03. The highest BCUT2D eigenvalue weighted by Crippen LogP contribution is 2.11.